The molecule has 24 heavy (non-hydrogen) atoms. The average Bonchev–Trinajstić information content (AvgIpc) is 2.47. The highest BCUT2D eigenvalue weighted by Gasteiger charge is 2.30. The third kappa shape index (κ3) is 8.16. The Morgan fingerprint density at radius 1 is 1.12 bits per heavy atom. The van der Waals surface area contributed by atoms with Gasteiger partial charge in [0.15, 0.2) is 0 Å². The third-order valence-corrected chi connectivity index (χ3v) is 3.88. The number of carboxylic acid groups (broad SMARTS) is 1. The first kappa shape index (κ1) is 22.2. The molecule has 3 amide bonds. The molecule has 0 heterocycles. The molecule has 9 nitrogen and oxygen atoms in total. The van der Waals surface area contributed by atoms with Crippen LogP contribution in [-0.2, 0) is 19.2 Å². The van der Waals surface area contributed by atoms with Crippen LogP contribution in [0.5, 0.6) is 0 Å². The lowest BCUT2D eigenvalue weighted by molar-refractivity contribution is -0.143. The fraction of sp³-hybridized carbons (Fsp3) is 0.714. The van der Waals surface area contributed by atoms with Gasteiger partial charge in [-0.25, -0.2) is 4.79 Å². The molecule has 0 aliphatic carbocycles. The molecule has 0 aliphatic heterocycles. The van der Waals surface area contributed by atoms with Gasteiger partial charge in [0.25, 0.3) is 0 Å². The van der Waals surface area contributed by atoms with Crippen molar-refractivity contribution in [2.75, 3.05) is 12.0 Å². The number of carbonyl (C=O) groups excluding carboxylic acids is 3. The van der Waals surface area contributed by atoms with Crippen molar-refractivity contribution in [3.05, 3.63) is 0 Å². The number of primary amides is 1. The largest absolute Gasteiger partial charge is 0.480 e. The van der Waals surface area contributed by atoms with E-state index in [0.717, 1.165) is 0 Å². The summed E-state index contributed by atoms with van der Waals surface area (Å²) in [6.45, 7) is 3.25. The van der Waals surface area contributed by atoms with E-state index in [1.165, 1.54) is 11.8 Å². The van der Waals surface area contributed by atoms with E-state index in [-0.39, 0.29) is 5.92 Å². The number of nitrogens with one attached hydrogen (secondary N) is 2. The van der Waals surface area contributed by atoms with Gasteiger partial charge < -0.3 is 27.2 Å². The van der Waals surface area contributed by atoms with Gasteiger partial charge in [-0.1, -0.05) is 13.8 Å². The van der Waals surface area contributed by atoms with Gasteiger partial charge in [-0.05, 0) is 24.3 Å². The normalized spacial score (nSPS) is 14.5. The van der Waals surface area contributed by atoms with E-state index >= 15 is 0 Å². The standard InChI is InChI=1S/C14H26N4O5S/c1-7(2)11(14(22)23)18-13(21)9(6-10(16)19)17-12(20)8(15)4-5-24-3/h7-9,11H,4-6,15H2,1-3H3,(H2,16,19)(H,17,20)(H,18,21)(H,22,23)/t8-,9-,11-/m0/s1. The highest BCUT2D eigenvalue weighted by molar-refractivity contribution is 7.98. The van der Waals surface area contributed by atoms with E-state index in [1.807, 2.05) is 6.26 Å². The Labute approximate surface area is 145 Å². The van der Waals surface area contributed by atoms with Gasteiger partial charge >= 0.3 is 5.97 Å². The van der Waals surface area contributed by atoms with Crippen molar-refractivity contribution in [3.63, 3.8) is 0 Å². The van der Waals surface area contributed by atoms with Crippen molar-refractivity contribution in [2.24, 2.45) is 17.4 Å². The van der Waals surface area contributed by atoms with Crippen LogP contribution in [0.15, 0.2) is 0 Å². The minimum Gasteiger partial charge on any atom is -0.480 e. The molecule has 7 N–H and O–H groups in total. The van der Waals surface area contributed by atoms with Crippen molar-refractivity contribution in [1.82, 2.24) is 10.6 Å². The molecule has 138 valence electrons. The summed E-state index contributed by atoms with van der Waals surface area (Å²) in [5.41, 5.74) is 10.8. The lowest BCUT2D eigenvalue weighted by atomic mass is 10.0. The van der Waals surface area contributed by atoms with Crippen molar-refractivity contribution < 1.29 is 24.3 Å². The maximum Gasteiger partial charge on any atom is 0.326 e. The maximum absolute atomic E-state index is 12.2. The Bertz CT molecular complexity index is 472. The zero-order valence-electron chi connectivity index (χ0n) is 14.1. The van der Waals surface area contributed by atoms with Crippen LogP contribution in [0.2, 0.25) is 0 Å². The fourth-order valence-electron chi connectivity index (χ4n) is 1.83. The van der Waals surface area contributed by atoms with Crippen molar-refractivity contribution in [3.8, 4) is 0 Å². The number of carboxylic acids is 1. The molecule has 0 bridgehead atoms. The minimum atomic E-state index is -1.27. The van der Waals surface area contributed by atoms with Crippen LogP contribution < -0.4 is 22.1 Å². The number of rotatable bonds is 11. The Morgan fingerprint density at radius 2 is 1.71 bits per heavy atom. The number of amides is 3. The summed E-state index contributed by atoms with van der Waals surface area (Å²) in [5, 5.41) is 13.8. The Balaban J connectivity index is 4.98. The molecule has 0 spiro atoms. The molecule has 0 aliphatic rings. The van der Waals surface area contributed by atoms with E-state index in [1.54, 1.807) is 13.8 Å². The van der Waals surface area contributed by atoms with Gasteiger partial charge in [0.2, 0.25) is 17.7 Å². The molecular weight excluding hydrogens is 336 g/mol. The van der Waals surface area contributed by atoms with E-state index in [0.29, 0.717) is 12.2 Å². The average molecular weight is 362 g/mol. The molecule has 0 aromatic heterocycles. The Kier molecular flexibility index (Phi) is 10.0. The zero-order valence-corrected chi connectivity index (χ0v) is 14.9. The summed E-state index contributed by atoms with van der Waals surface area (Å²) in [6, 6.07) is -3.24. The highest BCUT2D eigenvalue weighted by atomic mass is 32.2. The third-order valence-electron chi connectivity index (χ3n) is 3.24. The van der Waals surface area contributed by atoms with E-state index in [2.05, 4.69) is 10.6 Å². The van der Waals surface area contributed by atoms with Gasteiger partial charge in [-0.3, -0.25) is 14.4 Å². The number of hydrogen-bond donors (Lipinski definition) is 5. The molecule has 0 saturated carbocycles. The maximum atomic E-state index is 12.2. The van der Waals surface area contributed by atoms with Crippen LogP contribution in [-0.4, -0.2) is 58.9 Å². The zero-order chi connectivity index (χ0) is 18.9. The lowest BCUT2D eigenvalue weighted by Crippen LogP contribution is -2.56. The molecule has 10 heteroatoms. The van der Waals surface area contributed by atoms with Gasteiger partial charge in [0, 0.05) is 0 Å². The molecule has 0 aromatic carbocycles. The topological polar surface area (TPSA) is 165 Å². The summed E-state index contributed by atoms with van der Waals surface area (Å²) in [7, 11) is 0. The van der Waals surface area contributed by atoms with Crippen molar-refractivity contribution in [1.29, 1.82) is 0 Å². The van der Waals surface area contributed by atoms with E-state index in [4.69, 9.17) is 16.6 Å². The summed E-state index contributed by atoms with van der Waals surface area (Å²) in [5.74, 6) is -3.11. The van der Waals surface area contributed by atoms with Crippen LogP contribution in [0.4, 0.5) is 0 Å². The Morgan fingerprint density at radius 3 is 2.12 bits per heavy atom. The summed E-state index contributed by atoms with van der Waals surface area (Å²) < 4.78 is 0. The molecule has 0 radical (unpaired) electrons. The first-order valence-electron chi connectivity index (χ1n) is 7.46. The molecule has 0 aromatic rings. The highest BCUT2D eigenvalue weighted by Crippen LogP contribution is 2.04. The molecule has 0 fully saturated rings. The molecular formula is C14H26N4O5S. The lowest BCUT2D eigenvalue weighted by Gasteiger charge is -2.23. The van der Waals surface area contributed by atoms with Crippen LogP contribution in [0.25, 0.3) is 0 Å². The molecule has 3 atom stereocenters. The second kappa shape index (κ2) is 10.9. The fourth-order valence-corrected chi connectivity index (χ4v) is 2.32. The predicted molar refractivity (Wildman–Crippen MR) is 91.1 cm³/mol. The van der Waals surface area contributed by atoms with E-state index in [9.17, 15) is 19.2 Å². The van der Waals surface area contributed by atoms with Crippen molar-refractivity contribution >= 4 is 35.5 Å². The van der Waals surface area contributed by atoms with Crippen LogP contribution in [0.3, 0.4) is 0 Å². The van der Waals surface area contributed by atoms with Gasteiger partial charge in [0.1, 0.15) is 12.1 Å². The second-order valence-corrected chi connectivity index (χ2v) is 6.67. The molecule has 0 rings (SSSR count). The first-order valence-corrected chi connectivity index (χ1v) is 8.85. The number of hydrogen-bond acceptors (Lipinski definition) is 6. The van der Waals surface area contributed by atoms with Gasteiger partial charge in [-0.2, -0.15) is 11.8 Å². The Hall–Kier alpha value is -1.81. The van der Waals surface area contributed by atoms with E-state index < -0.39 is 48.2 Å². The summed E-state index contributed by atoms with van der Waals surface area (Å²) >= 11 is 1.52. The van der Waals surface area contributed by atoms with Gasteiger partial charge in [0.05, 0.1) is 12.5 Å². The van der Waals surface area contributed by atoms with Gasteiger partial charge in [-0.15, -0.1) is 0 Å². The molecule has 0 saturated heterocycles. The number of carbonyl (C=O) groups is 4. The second-order valence-electron chi connectivity index (χ2n) is 5.69. The summed E-state index contributed by atoms with van der Waals surface area (Å²) in [6.07, 6.45) is 1.82. The quantitative estimate of drug-likeness (QED) is 0.303. The SMILES string of the molecule is CSCC[C@H](N)C(=O)N[C@@H](CC(N)=O)C(=O)N[C@H](C(=O)O)C(C)C. The smallest absolute Gasteiger partial charge is 0.326 e. The monoisotopic (exact) mass is 362 g/mol. The van der Waals surface area contributed by atoms with Crippen LogP contribution >= 0.6 is 11.8 Å². The molecule has 0 unspecified atom stereocenters. The number of aliphatic carboxylic acids is 1. The minimum absolute atomic E-state index is 0.375. The van der Waals surface area contributed by atoms with Crippen LogP contribution in [0.1, 0.15) is 26.7 Å². The first-order chi connectivity index (χ1) is 11.1. The summed E-state index contributed by atoms with van der Waals surface area (Å²) in [4.78, 5) is 46.5. The van der Waals surface area contributed by atoms with Crippen molar-refractivity contribution in [2.45, 2.75) is 44.8 Å². The van der Waals surface area contributed by atoms with Crippen LogP contribution in [0, 0.1) is 5.92 Å². The number of nitrogens with two attached hydrogens (primary N) is 2. The number of thioether (sulfide) groups is 1. The predicted octanol–water partition coefficient (Wildman–Crippen LogP) is -1.35.